The average Bonchev–Trinajstić information content (AvgIpc) is 2.69. The molecule has 2 N–H and O–H groups in total. The molecular formula is C20H34Cl2N4. The van der Waals surface area contributed by atoms with E-state index in [9.17, 15) is 0 Å². The molecule has 0 unspecified atom stereocenters. The molecule has 0 amide bonds. The summed E-state index contributed by atoms with van der Waals surface area (Å²) in [5.41, 5.74) is 1.02. The zero-order valence-electron chi connectivity index (χ0n) is 15.9. The number of likely N-dealkylation sites (tertiary alicyclic amines) is 2. The standard InChI is InChI=1S/C13H20ClN3.C7H14ClN/c14-12-4-6-13(7-5-12)17(15)11-10-16-8-2-1-3-9-16;8-4-7-9-5-2-1-3-6-9/h4-7H,1-3,8-11,15H2;1-7H2. The molecule has 148 valence electrons. The van der Waals surface area contributed by atoms with Crippen LogP contribution in [0.15, 0.2) is 24.3 Å². The van der Waals surface area contributed by atoms with E-state index in [4.69, 9.17) is 29.0 Å². The van der Waals surface area contributed by atoms with Gasteiger partial charge in [-0.25, -0.2) is 5.84 Å². The number of anilines is 1. The van der Waals surface area contributed by atoms with Gasteiger partial charge in [0, 0.05) is 30.5 Å². The van der Waals surface area contributed by atoms with Crippen LogP contribution in [0.2, 0.25) is 5.02 Å². The third-order valence-corrected chi connectivity index (χ3v) is 5.53. The van der Waals surface area contributed by atoms with Crippen molar-refractivity contribution in [3.8, 4) is 0 Å². The van der Waals surface area contributed by atoms with Gasteiger partial charge in [0.05, 0.1) is 5.69 Å². The maximum absolute atomic E-state index is 6.03. The summed E-state index contributed by atoms with van der Waals surface area (Å²) in [6, 6.07) is 7.66. The fourth-order valence-electron chi connectivity index (χ4n) is 3.50. The number of hydrazine groups is 1. The number of halogens is 2. The van der Waals surface area contributed by atoms with Crippen molar-refractivity contribution >= 4 is 28.9 Å². The molecule has 0 radical (unpaired) electrons. The minimum Gasteiger partial charge on any atom is -0.310 e. The highest BCUT2D eigenvalue weighted by Gasteiger charge is 2.11. The maximum atomic E-state index is 6.03. The second kappa shape index (κ2) is 12.8. The van der Waals surface area contributed by atoms with Crippen LogP contribution >= 0.6 is 23.2 Å². The first-order valence-corrected chi connectivity index (χ1v) is 10.9. The molecule has 2 aliphatic rings. The van der Waals surface area contributed by atoms with Crippen molar-refractivity contribution in [3.63, 3.8) is 0 Å². The normalized spacial score (nSPS) is 18.9. The molecule has 2 saturated heterocycles. The molecule has 0 aliphatic carbocycles. The maximum Gasteiger partial charge on any atom is 0.0518 e. The van der Waals surface area contributed by atoms with Gasteiger partial charge in [-0.1, -0.05) is 24.4 Å². The fraction of sp³-hybridized carbons (Fsp3) is 0.700. The summed E-state index contributed by atoms with van der Waals surface area (Å²) in [5.74, 6) is 6.82. The Morgan fingerprint density at radius 1 is 0.808 bits per heavy atom. The first-order valence-electron chi connectivity index (χ1n) is 9.97. The van der Waals surface area contributed by atoms with Crippen molar-refractivity contribution in [2.45, 2.75) is 38.5 Å². The number of hydrogen-bond acceptors (Lipinski definition) is 4. The molecule has 0 spiro atoms. The van der Waals surface area contributed by atoms with Gasteiger partial charge in [-0.15, -0.1) is 11.6 Å². The number of piperidine rings is 2. The smallest absolute Gasteiger partial charge is 0.0518 e. The largest absolute Gasteiger partial charge is 0.310 e. The molecule has 1 aromatic rings. The SMILES string of the molecule is ClCCN1CCCCC1.NN(CCN1CCCCC1)c1ccc(Cl)cc1. The summed E-state index contributed by atoms with van der Waals surface area (Å²) in [5, 5.41) is 2.54. The van der Waals surface area contributed by atoms with Crippen molar-refractivity contribution in [1.29, 1.82) is 0 Å². The van der Waals surface area contributed by atoms with Crippen molar-refractivity contribution in [2.24, 2.45) is 5.84 Å². The molecule has 2 heterocycles. The zero-order valence-corrected chi connectivity index (χ0v) is 17.4. The molecule has 2 fully saturated rings. The van der Waals surface area contributed by atoms with Crippen molar-refractivity contribution in [3.05, 3.63) is 29.3 Å². The average molecular weight is 401 g/mol. The van der Waals surface area contributed by atoms with Crippen LogP contribution in [0.1, 0.15) is 38.5 Å². The molecule has 6 heteroatoms. The number of nitrogens with two attached hydrogens (primary N) is 1. The fourth-order valence-corrected chi connectivity index (χ4v) is 3.86. The summed E-state index contributed by atoms with van der Waals surface area (Å²) in [6.45, 7) is 7.96. The van der Waals surface area contributed by atoms with Crippen molar-refractivity contribution in [1.82, 2.24) is 9.80 Å². The molecule has 0 aromatic heterocycles. The lowest BCUT2D eigenvalue weighted by atomic mass is 10.1. The van der Waals surface area contributed by atoms with Crippen molar-refractivity contribution in [2.75, 3.05) is 56.7 Å². The van der Waals surface area contributed by atoms with Gasteiger partial charge < -0.3 is 14.8 Å². The van der Waals surface area contributed by atoms with E-state index in [0.29, 0.717) is 0 Å². The Morgan fingerprint density at radius 2 is 1.31 bits per heavy atom. The van der Waals surface area contributed by atoms with E-state index in [1.165, 1.54) is 64.7 Å². The molecule has 3 rings (SSSR count). The van der Waals surface area contributed by atoms with Gasteiger partial charge in [0.25, 0.3) is 0 Å². The van der Waals surface area contributed by atoms with Crippen LogP contribution in [0.4, 0.5) is 5.69 Å². The topological polar surface area (TPSA) is 35.7 Å². The number of benzene rings is 1. The summed E-state index contributed by atoms with van der Waals surface area (Å²) < 4.78 is 0. The number of alkyl halides is 1. The van der Waals surface area contributed by atoms with Crippen LogP contribution in [0.3, 0.4) is 0 Å². The van der Waals surface area contributed by atoms with Crippen LogP contribution in [0.5, 0.6) is 0 Å². The lowest BCUT2D eigenvalue weighted by Crippen LogP contribution is -2.41. The molecule has 4 nitrogen and oxygen atoms in total. The Morgan fingerprint density at radius 3 is 1.81 bits per heavy atom. The van der Waals surface area contributed by atoms with Gasteiger partial charge in [0.2, 0.25) is 0 Å². The van der Waals surface area contributed by atoms with Crippen LogP contribution in [0.25, 0.3) is 0 Å². The van der Waals surface area contributed by atoms with E-state index in [0.717, 1.165) is 36.2 Å². The number of rotatable bonds is 6. The Labute approximate surface area is 169 Å². The minimum atomic E-state index is 0.748. The van der Waals surface area contributed by atoms with Gasteiger partial charge in [-0.3, -0.25) is 0 Å². The molecule has 0 saturated carbocycles. The third-order valence-electron chi connectivity index (χ3n) is 5.11. The lowest BCUT2D eigenvalue weighted by Gasteiger charge is -2.28. The molecule has 26 heavy (non-hydrogen) atoms. The summed E-state index contributed by atoms with van der Waals surface area (Å²) in [6.07, 6.45) is 8.18. The molecule has 0 bridgehead atoms. The highest BCUT2D eigenvalue weighted by molar-refractivity contribution is 6.30. The lowest BCUT2D eigenvalue weighted by molar-refractivity contribution is 0.233. The highest BCUT2D eigenvalue weighted by atomic mass is 35.5. The first-order chi connectivity index (χ1) is 12.7. The van der Waals surface area contributed by atoms with Crippen LogP contribution < -0.4 is 10.9 Å². The van der Waals surface area contributed by atoms with E-state index in [2.05, 4.69) is 9.80 Å². The molecule has 2 aliphatic heterocycles. The van der Waals surface area contributed by atoms with E-state index in [1.807, 2.05) is 24.3 Å². The minimum absolute atomic E-state index is 0.748. The Kier molecular flexibility index (Phi) is 10.7. The summed E-state index contributed by atoms with van der Waals surface area (Å²) in [4.78, 5) is 4.93. The third kappa shape index (κ3) is 8.45. The Bertz CT molecular complexity index is 468. The van der Waals surface area contributed by atoms with Crippen LogP contribution in [0, 0.1) is 0 Å². The van der Waals surface area contributed by atoms with Gasteiger partial charge in [0.1, 0.15) is 0 Å². The number of nitrogens with zero attached hydrogens (tertiary/aromatic N) is 3. The Balaban J connectivity index is 0.000000228. The summed E-state index contributed by atoms with van der Waals surface area (Å²) in [7, 11) is 0. The van der Waals surface area contributed by atoms with Crippen molar-refractivity contribution < 1.29 is 0 Å². The van der Waals surface area contributed by atoms with Crippen LogP contribution in [-0.2, 0) is 0 Å². The first kappa shape index (κ1) is 21.8. The van der Waals surface area contributed by atoms with E-state index >= 15 is 0 Å². The van der Waals surface area contributed by atoms with Gasteiger partial charge in [0.15, 0.2) is 0 Å². The van der Waals surface area contributed by atoms with Gasteiger partial charge >= 0.3 is 0 Å². The van der Waals surface area contributed by atoms with E-state index < -0.39 is 0 Å². The predicted molar refractivity (Wildman–Crippen MR) is 114 cm³/mol. The molecule has 0 atom stereocenters. The molecule has 1 aromatic carbocycles. The van der Waals surface area contributed by atoms with E-state index in [1.54, 1.807) is 5.01 Å². The zero-order chi connectivity index (χ0) is 18.6. The second-order valence-electron chi connectivity index (χ2n) is 7.16. The molecular weight excluding hydrogens is 367 g/mol. The second-order valence-corrected chi connectivity index (χ2v) is 7.98. The Hall–Kier alpha value is -0.520. The van der Waals surface area contributed by atoms with E-state index in [-0.39, 0.29) is 0 Å². The predicted octanol–water partition coefficient (Wildman–Crippen LogP) is 4.22. The quantitative estimate of drug-likeness (QED) is 0.440. The highest BCUT2D eigenvalue weighted by Crippen LogP contribution is 2.16. The summed E-state index contributed by atoms with van der Waals surface area (Å²) >= 11 is 11.4. The monoisotopic (exact) mass is 400 g/mol. The van der Waals surface area contributed by atoms with Crippen LogP contribution in [-0.4, -0.2) is 61.5 Å². The van der Waals surface area contributed by atoms with Gasteiger partial charge in [-0.2, -0.15) is 0 Å². The van der Waals surface area contributed by atoms with Gasteiger partial charge in [-0.05, 0) is 76.1 Å². The number of hydrogen-bond donors (Lipinski definition) is 1.